The largest absolute Gasteiger partial charge is 0.412 e. The second-order valence-corrected chi connectivity index (χ2v) is 1.92. The Balaban J connectivity index is 4.23. The molecule has 0 aliphatic heterocycles. The van der Waals surface area contributed by atoms with Crippen LogP contribution in [0.25, 0.3) is 0 Å². The molecule has 0 N–H and O–H groups in total. The SMILES string of the molecule is F/C(=C/C(F)(F)F)CC(F)(F)F. The van der Waals surface area contributed by atoms with Crippen LogP contribution in [0.1, 0.15) is 6.42 Å². The number of allylic oxidation sites excluding steroid dienone is 2. The van der Waals surface area contributed by atoms with Crippen LogP contribution in [0.3, 0.4) is 0 Å². The number of rotatable bonds is 1. The minimum absolute atomic E-state index is 1.01. The minimum Gasteiger partial charge on any atom is -0.211 e. The lowest BCUT2D eigenvalue weighted by Gasteiger charge is -2.04. The molecule has 0 aromatic rings. The van der Waals surface area contributed by atoms with Gasteiger partial charge in [-0.05, 0) is 0 Å². The first-order valence-corrected chi connectivity index (χ1v) is 2.61. The molecule has 0 amide bonds. The molecule has 0 heterocycles. The molecule has 0 radical (unpaired) electrons. The highest BCUT2D eigenvalue weighted by atomic mass is 19.4. The molecule has 0 aliphatic rings. The molecule has 0 nitrogen and oxygen atoms in total. The summed E-state index contributed by atoms with van der Waals surface area (Å²) in [6.45, 7) is 0. The van der Waals surface area contributed by atoms with Crippen LogP contribution in [0.2, 0.25) is 0 Å². The van der Waals surface area contributed by atoms with Crippen LogP contribution >= 0.6 is 0 Å². The molecule has 0 spiro atoms. The van der Waals surface area contributed by atoms with Gasteiger partial charge < -0.3 is 0 Å². The van der Waals surface area contributed by atoms with E-state index in [-0.39, 0.29) is 0 Å². The Bertz CT molecular complexity index is 171. The van der Waals surface area contributed by atoms with E-state index < -0.39 is 30.7 Å². The predicted molar refractivity (Wildman–Crippen MR) is 25.9 cm³/mol. The monoisotopic (exact) mass is 196 g/mol. The summed E-state index contributed by atoms with van der Waals surface area (Å²) >= 11 is 0. The van der Waals surface area contributed by atoms with Gasteiger partial charge in [-0.25, -0.2) is 4.39 Å². The molecule has 0 saturated heterocycles. The topological polar surface area (TPSA) is 0 Å². The zero-order chi connectivity index (χ0) is 9.99. The molecule has 0 bridgehead atoms. The van der Waals surface area contributed by atoms with Crippen LogP contribution in [0, 0.1) is 0 Å². The zero-order valence-corrected chi connectivity index (χ0v) is 5.43. The van der Waals surface area contributed by atoms with Crippen molar-refractivity contribution in [2.75, 3.05) is 0 Å². The Hall–Kier alpha value is -0.750. The van der Waals surface area contributed by atoms with Crippen molar-refractivity contribution in [3.05, 3.63) is 11.9 Å². The third kappa shape index (κ3) is 7.36. The summed E-state index contributed by atoms with van der Waals surface area (Å²) in [6.07, 6.45) is -13.2. The van der Waals surface area contributed by atoms with E-state index in [9.17, 15) is 30.7 Å². The van der Waals surface area contributed by atoms with Crippen LogP contribution in [-0.2, 0) is 0 Å². The second-order valence-electron chi connectivity index (χ2n) is 1.92. The third-order valence-electron chi connectivity index (χ3n) is 0.690. The van der Waals surface area contributed by atoms with Crippen molar-refractivity contribution in [2.45, 2.75) is 18.8 Å². The highest BCUT2D eigenvalue weighted by Crippen LogP contribution is 2.28. The van der Waals surface area contributed by atoms with Crippen LogP contribution in [0.5, 0.6) is 0 Å². The summed E-state index contributed by atoms with van der Waals surface area (Å²) < 4.78 is 79.1. The molecule has 0 aliphatic carbocycles. The van der Waals surface area contributed by atoms with Crippen molar-refractivity contribution >= 4 is 0 Å². The number of halogens is 7. The minimum atomic E-state index is -5.05. The third-order valence-corrected chi connectivity index (χ3v) is 0.690. The van der Waals surface area contributed by atoms with Gasteiger partial charge in [0.15, 0.2) is 0 Å². The lowest BCUT2D eigenvalue weighted by atomic mass is 10.3. The first-order valence-electron chi connectivity index (χ1n) is 2.61. The van der Waals surface area contributed by atoms with Gasteiger partial charge in [-0.1, -0.05) is 0 Å². The van der Waals surface area contributed by atoms with Crippen molar-refractivity contribution in [1.82, 2.24) is 0 Å². The summed E-state index contributed by atoms with van der Waals surface area (Å²) in [5.41, 5.74) is 0. The van der Waals surface area contributed by atoms with Gasteiger partial charge >= 0.3 is 12.4 Å². The van der Waals surface area contributed by atoms with Gasteiger partial charge in [0, 0.05) is 0 Å². The summed E-state index contributed by atoms with van der Waals surface area (Å²) in [7, 11) is 0. The van der Waals surface area contributed by atoms with E-state index in [1.54, 1.807) is 0 Å². The molecule has 7 heteroatoms. The first-order chi connectivity index (χ1) is 5.10. The lowest BCUT2D eigenvalue weighted by Crippen LogP contribution is -2.09. The van der Waals surface area contributed by atoms with Crippen LogP contribution < -0.4 is 0 Å². The van der Waals surface area contributed by atoms with E-state index in [2.05, 4.69) is 0 Å². The fraction of sp³-hybridized carbons (Fsp3) is 0.600. The van der Waals surface area contributed by atoms with Crippen molar-refractivity contribution in [3.63, 3.8) is 0 Å². The lowest BCUT2D eigenvalue weighted by molar-refractivity contribution is -0.131. The van der Waals surface area contributed by atoms with Gasteiger partial charge in [0.2, 0.25) is 0 Å². The quantitative estimate of drug-likeness (QED) is 0.564. The molecular formula is C5H3F7. The molecule has 12 heavy (non-hydrogen) atoms. The van der Waals surface area contributed by atoms with Gasteiger partial charge in [-0.2, -0.15) is 26.3 Å². The highest BCUT2D eigenvalue weighted by Gasteiger charge is 2.32. The first kappa shape index (κ1) is 11.2. The van der Waals surface area contributed by atoms with Crippen molar-refractivity contribution in [1.29, 1.82) is 0 Å². The Morgan fingerprint density at radius 3 is 1.67 bits per heavy atom. The maximum Gasteiger partial charge on any atom is 0.412 e. The summed E-state index contributed by atoms with van der Waals surface area (Å²) in [4.78, 5) is 0. The van der Waals surface area contributed by atoms with Crippen LogP contribution in [0.15, 0.2) is 11.9 Å². The molecule has 0 fully saturated rings. The summed E-state index contributed by atoms with van der Waals surface area (Å²) in [6, 6.07) is 0. The Labute approximate surface area is 62.7 Å². The number of hydrogen-bond donors (Lipinski definition) is 0. The molecule has 0 rings (SSSR count). The van der Waals surface area contributed by atoms with E-state index in [0.29, 0.717) is 0 Å². The normalized spacial score (nSPS) is 15.1. The van der Waals surface area contributed by atoms with Crippen molar-refractivity contribution in [3.8, 4) is 0 Å². The Kier molecular flexibility index (Phi) is 3.11. The Morgan fingerprint density at radius 2 is 1.42 bits per heavy atom. The van der Waals surface area contributed by atoms with Crippen molar-refractivity contribution < 1.29 is 30.7 Å². The molecule has 0 aromatic heterocycles. The van der Waals surface area contributed by atoms with Gasteiger partial charge in [0.05, 0.1) is 12.5 Å². The maximum atomic E-state index is 11.8. The Morgan fingerprint density at radius 1 is 1.00 bits per heavy atom. The van der Waals surface area contributed by atoms with E-state index in [4.69, 9.17) is 0 Å². The summed E-state index contributed by atoms with van der Waals surface area (Å²) in [5.74, 6) is -2.24. The number of alkyl halides is 6. The predicted octanol–water partition coefficient (Wildman–Crippen LogP) is 3.35. The standard InChI is InChI=1S/C5H3F7/c6-3(1-4(7,8)9)2-5(10,11)12/h1H,2H2/b3-1+. The average molecular weight is 196 g/mol. The smallest absolute Gasteiger partial charge is 0.211 e. The van der Waals surface area contributed by atoms with Crippen molar-refractivity contribution in [2.24, 2.45) is 0 Å². The average Bonchev–Trinajstić information content (AvgIpc) is 1.49. The maximum absolute atomic E-state index is 11.8. The number of hydrogen-bond acceptors (Lipinski definition) is 0. The molecule has 0 unspecified atom stereocenters. The van der Waals surface area contributed by atoms with Crippen LogP contribution in [-0.4, -0.2) is 12.4 Å². The molecule has 0 aromatic carbocycles. The van der Waals surface area contributed by atoms with E-state index in [1.807, 2.05) is 0 Å². The summed E-state index contributed by atoms with van der Waals surface area (Å²) in [5, 5.41) is 0. The van der Waals surface area contributed by atoms with Gasteiger partial charge in [-0.15, -0.1) is 0 Å². The van der Waals surface area contributed by atoms with E-state index >= 15 is 0 Å². The van der Waals surface area contributed by atoms with Gasteiger partial charge in [0.1, 0.15) is 5.83 Å². The van der Waals surface area contributed by atoms with E-state index in [0.717, 1.165) is 0 Å². The van der Waals surface area contributed by atoms with Gasteiger partial charge in [-0.3, -0.25) is 0 Å². The fourth-order valence-corrected chi connectivity index (χ4v) is 0.420. The second kappa shape index (κ2) is 3.32. The molecule has 0 atom stereocenters. The highest BCUT2D eigenvalue weighted by molar-refractivity contribution is 4.98. The molecular weight excluding hydrogens is 193 g/mol. The van der Waals surface area contributed by atoms with Gasteiger partial charge in [0.25, 0.3) is 0 Å². The molecule has 0 saturated carbocycles. The zero-order valence-electron chi connectivity index (χ0n) is 5.43. The van der Waals surface area contributed by atoms with E-state index in [1.165, 1.54) is 0 Å². The fourth-order valence-electron chi connectivity index (χ4n) is 0.420. The van der Waals surface area contributed by atoms with Crippen LogP contribution in [0.4, 0.5) is 30.7 Å². The molecule has 72 valence electrons.